The van der Waals surface area contributed by atoms with Crippen LogP contribution in [0.15, 0.2) is 47.4 Å². The summed E-state index contributed by atoms with van der Waals surface area (Å²) in [6, 6.07) is 9.45. The molecular weight excluding hydrogens is 385 g/mol. The number of halogens is 3. The zero-order valence-electron chi connectivity index (χ0n) is 13.8. The molecule has 0 spiro atoms. The van der Waals surface area contributed by atoms with Crippen molar-refractivity contribution in [3.05, 3.63) is 48.0 Å². The highest BCUT2D eigenvalue weighted by atomic mass is 32.2. The number of aromatic nitrogens is 4. The maximum absolute atomic E-state index is 12.6. The van der Waals surface area contributed by atoms with E-state index in [1.165, 1.54) is 24.3 Å². The van der Waals surface area contributed by atoms with Gasteiger partial charge in [0.15, 0.2) is 15.9 Å². The van der Waals surface area contributed by atoms with Gasteiger partial charge in [0, 0.05) is 11.8 Å². The van der Waals surface area contributed by atoms with Gasteiger partial charge in [0.05, 0.1) is 4.90 Å². The summed E-state index contributed by atoms with van der Waals surface area (Å²) in [6.45, 7) is 0. The molecular formula is C16H13F3N4O3S. The van der Waals surface area contributed by atoms with Gasteiger partial charge in [-0.2, -0.15) is 18.4 Å². The molecule has 142 valence electrons. The van der Waals surface area contributed by atoms with Gasteiger partial charge in [0.2, 0.25) is 5.82 Å². The van der Waals surface area contributed by atoms with Gasteiger partial charge in [0.25, 0.3) is 0 Å². The second kappa shape index (κ2) is 6.74. The molecule has 1 unspecified atom stereocenters. The predicted octanol–water partition coefficient (Wildman–Crippen LogP) is 2.53. The molecule has 2 N–H and O–H groups in total. The number of aromatic amines is 1. The summed E-state index contributed by atoms with van der Waals surface area (Å²) in [5, 5.41) is 22.7. The average molecular weight is 398 g/mol. The van der Waals surface area contributed by atoms with Crippen molar-refractivity contribution in [2.45, 2.75) is 17.2 Å². The Bertz CT molecular complexity index is 1050. The number of tetrazole rings is 1. The minimum atomic E-state index is -4.78. The fourth-order valence-electron chi connectivity index (χ4n) is 2.61. The Hall–Kier alpha value is -2.79. The van der Waals surface area contributed by atoms with E-state index in [1.807, 2.05) is 0 Å². The Morgan fingerprint density at radius 1 is 1.11 bits per heavy atom. The summed E-state index contributed by atoms with van der Waals surface area (Å²) in [5.41, 5.74) is 0.676. The van der Waals surface area contributed by atoms with Crippen LogP contribution in [0.1, 0.15) is 11.7 Å². The lowest BCUT2D eigenvalue weighted by molar-refractivity contribution is -0.206. The number of H-pyrrole nitrogens is 1. The minimum Gasteiger partial charge on any atom is -0.379 e. The molecule has 11 heteroatoms. The lowest BCUT2D eigenvalue weighted by atomic mass is 9.97. The molecule has 1 heterocycles. The van der Waals surface area contributed by atoms with Gasteiger partial charge in [-0.15, -0.1) is 10.2 Å². The third kappa shape index (κ3) is 3.83. The van der Waals surface area contributed by atoms with E-state index in [9.17, 15) is 26.7 Å². The quantitative estimate of drug-likeness (QED) is 0.699. The van der Waals surface area contributed by atoms with Gasteiger partial charge in [-0.05, 0) is 28.0 Å². The van der Waals surface area contributed by atoms with E-state index < -0.39 is 22.1 Å². The van der Waals surface area contributed by atoms with Crippen LogP contribution in [0.3, 0.4) is 0 Å². The van der Waals surface area contributed by atoms with Crippen LogP contribution in [0, 0.1) is 0 Å². The first-order chi connectivity index (χ1) is 12.6. The Morgan fingerprint density at radius 2 is 1.78 bits per heavy atom. The SMILES string of the molecule is CS(=O)(=O)c1cccc(-c2ccc(C(O)C(F)(F)F)cc2)c1-c1nn[nH]n1. The molecule has 3 rings (SSSR count). The number of sulfone groups is 1. The summed E-state index contributed by atoms with van der Waals surface area (Å²) >= 11 is 0. The van der Waals surface area contributed by atoms with E-state index in [2.05, 4.69) is 20.6 Å². The molecule has 27 heavy (non-hydrogen) atoms. The van der Waals surface area contributed by atoms with Crippen LogP contribution in [-0.4, -0.2) is 46.6 Å². The highest BCUT2D eigenvalue weighted by molar-refractivity contribution is 7.90. The van der Waals surface area contributed by atoms with Crippen LogP contribution >= 0.6 is 0 Å². The number of alkyl halides is 3. The van der Waals surface area contributed by atoms with Gasteiger partial charge >= 0.3 is 6.18 Å². The van der Waals surface area contributed by atoms with Crippen LogP contribution in [-0.2, 0) is 9.84 Å². The average Bonchev–Trinajstić information content (AvgIpc) is 3.13. The van der Waals surface area contributed by atoms with E-state index in [4.69, 9.17) is 0 Å². The third-order valence-corrected chi connectivity index (χ3v) is 4.98. The Morgan fingerprint density at radius 3 is 2.30 bits per heavy atom. The molecule has 1 atom stereocenters. The predicted molar refractivity (Wildman–Crippen MR) is 89.2 cm³/mol. The summed E-state index contributed by atoms with van der Waals surface area (Å²) in [4.78, 5) is -0.0409. The summed E-state index contributed by atoms with van der Waals surface area (Å²) < 4.78 is 62.2. The van der Waals surface area contributed by atoms with Crippen molar-refractivity contribution in [2.24, 2.45) is 0 Å². The van der Waals surface area contributed by atoms with Crippen LogP contribution in [0.2, 0.25) is 0 Å². The van der Waals surface area contributed by atoms with Gasteiger partial charge in [-0.25, -0.2) is 8.42 Å². The van der Waals surface area contributed by atoms with Crippen molar-refractivity contribution >= 4 is 9.84 Å². The Labute approximate surface area is 151 Å². The lowest BCUT2D eigenvalue weighted by Gasteiger charge is -2.16. The topological polar surface area (TPSA) is 109 Å². The third-order valence-electron chi connectivity index (χ3n) is 3.84. The van der Waals surface area contributed by atoms with Crippen LogP contribution in [0.5, 0.6) is 0 Å². The molecule has 0 saturated carbocycles. The molecule has 0 saturated heterocycles. The maximum atomic E-state index is 12.6. The summed E-state index contributed by atoms with van der Waals surface area (Å²) in [5.74, 6) is 0.0328. The van der Waals surface area contributed by atoms with Gasteiger partial charge in [-0.1, -0.05) is 36.4 Å². The van der Waals surface area contributed by atoms with Crippen molar-refractivity contribution in [1.29, 1.82) is 0 Å². The van der Waals surface area contributed by atoms with Crippen molar-refractivity contribution in [1.82, 2.24) is 20.6 Å². The van der Waals surface area contributed by atoms with Crippen molar-refractivity contribution in [3.8, 4) is 22.5 Å². The molecule has 0 aliphatic heterocycles. The molecule has 0 radical (unpaired) electrons. The van der Waals surface area contributed by atoms with Gasteiger partial charge < -0.3 is 5.11 Å². The van der Waals surface area contributed by atoms with Crippen LogP contribution in [0.25, 0.3) is 22.5 Å². The van der Waals surface area contributed by atoms with E-state index in [1.54, 1.807) is 6.07 Å². The van der Waals surface area contributed by atoms with E-state index in [-0.39, 0.29) is 21.8 Å². The standard InChI is InChI=1S/C16H13F3N4O3S/c1-27(25,26)12-4-2-3-11(13(12)15-20-22-23-21-15)9-5-7-10(8-6-9)14(24)16(17,18)19/h2-8,14,24H,1H3,(H,20,21,22,23). The molecule has 0 aliphatic carbocycles. The fourth-order valence-corrected chi connectivity index (χ4v) is 3.51. The normalized spacial score (nSPS) is 13.5. The summed E-state index contributed by atoms with van der Waals surface area (Å²) in [6.07, 6.45) is -6.36. The first-order valence-corrected chi connectivity index (χ1v) is 9.40. The van der Waals surface area contributed by atoms with Crippen LogP contribution in [0.4, 0.5) is 13.2 Å². The molecule has 2 aromatic carbocycles. The molecule has 3 aromatic rings. The van der Waals surface area contributed by atoms with Crippen molar-refractivity contribution in [2.75, 3.05) is 6.26 Å². The number of nitrogens with one attached hydrogen (secondary N) is 1. The number of nitrogens with zero attached hydrogens (tertiary/aromatic N) is 3. The smallest absolute Gasteiger partial charge is 0.379 e. The second-order valence-corrected chi connectivity index (χ2v) is 7.74. The van der Waals surface area contributed by atoms with Gasteiger partial charge in [-0.3, -0.25) is 0 Å². The van der Waals surface area contributed by atoms with Gasteiger partial charge in [0.1, 0.15) is 0 Å². The highest BCUT2D eigenvalue weighted by Crippen LogP contribution is 2.37. The lowest BCUT2D eigenvalue weighted by Crippen LogP contribution is -2.19. The largest absolute Gasteiger partial charge is 0.418 e. The maximum Gasteiger partial charge on any atom is 0.418 e. The number of benzene rings is 2. The monoisotopic (exact) mass is 398 g/mol. The van der Waals surface area contributed by atoms with Crippen molar-refractivity contribution < 1.29 is 26.7 Å². The van der Waals surface area contributed by atoms with E-state index in [0.29, 0.717) is 11.1 Å². The minimum absolute atomic E-state index is 0.0328. The number of aliphatic hydroxyl groups is 1. The zero-order chi connectivity index (χ0) is 19.8. The molecule has 7 nitrogen and oxygen atoms in total. The number of hydrogen-bond donors (Lipinski definition) is 2. The number of aliphatic hydroxyl groups excluding tert-OH is 1. The summed E-state index contributed by atoms with van der Waals surface area (Å²) in [7, 11) is -3.64. The molecule has 1 aromatic heterocycles. The van der Waals surface area contributed by atoms with E-state index >= 15 is 0 Å². The number of hydrogen-bond acceptors (Lipinski definition) is 6. The zero-order valence-corrected chi connectivity index (χ0v) is 14.6. The molecule has 0 amide bonds. The second-order valence-electron chi connectivity index (χ2n) is 5.75. The first kappa shape index (κ1) is 19.0. The number of rotatable bonds is 4. The Kier molecular flexibility index (Phi) is 4.74. The molecule has 0 fully saturated rings. The van der Waals surface area contributed by atoms with Crippen LogP contribution < -0.4 is 0 Å². The Balaban J connectivity index is 2.16. The highest BCUT2D eigenvalue weighted by Gasteiger charge is 2.39. The molecule has 0 aliphatic rings. The fraction of sp³-hybridized carbons (Fsp3) is 0.188. The van der Waals surface area contributed by atoms with Crippen molar-refractivity contribution in [3.63, 3.8) is 0 Å². The van der Waals surface area contributed by atoms with E-state index in [0.717, 1.165) is 18.4 Å². The first-order valence-electron chi connectivity index (χ1n) is 7.51. The molecule has 0 bridgehead atoms.